The van der Waals surface area contributed by atoms with E-state index >= 15 is 0 Å². The fourth-order valence-corrected chi connectivity index (χ4v) is 1.73. The largest absolute Gasteiger partial charge is 0.397 e. The number of nitrogen functional groups attached to an aromatic ring is 1. The first kappa shape index (κ1) is 8.99. The molecule has 0 aliphatic rings. The average Bonchev–Trinajstić information content (AvgIpc) is 2.39. The summed E-state index contributed by atoms with van der Waals surface area (Å²) in [7, 11) is 0. The van der Waals surface area contributed by atoms with Gasteiger partial charge >= 0.3 is 0 Å². The standard InChI is InChI=1S/C10H14N4/c1-6(2)14-7(3)13-9-4-8(11)5-12-10(9)14/h4-6H,11H2,1-3H3. The van der Waals surface area contributed by atoms with Gasteiger partial charge in [-0.15, -0.1) is 0 Å². The van der Waals surface area contributed by atoms with Gasteiger partial charge in [-0.1, -0.05) is 0 Å². The molecule has 0 aromatic carbocycles. The van der Waals surface area contributed by atoms with Crippen molar-refractivity contribution < 1.29 is 0 Å². The first-order valence-electron chi connectivity index (χ1n) is 4.69. The molecule has 2 N–H and O–H groups in total. The van der Waals surface area contributed by atoms with Crippen LogP contribution in [0, 0.1) is 6.92 Å². The van der Waals surface area contributed by atoms with E-state index in [9.17, 15) is 0 Å². The van der Waals surface area contributed by atoms with Crippen molar-refractivity contribution in [3.05, 3.63) is 18.1 Å². The third-order valence-corrected chi connectivity index (χ3v) is 2.24. The zero-order valence-corrected chi connectivity index (χ0v) is 8.65. The lowest BCUT2D eigenvalue weighted by Gasteiger charge is -2.09. The van der Waals surface area contributed by atoms with Crippen molar-refractivity contribution in [2.75, 3.05) is 5.73 Å². The Morgan fingerprint density at radius 2 is 2.14 bits per heavy atom. The van der Waals surface area contributed by atoms with E-state index in [0.29, 0.717) is 11.7 Å². The van der Waals surface area contributed by atoms with Crippen molar-refractivity contribution in [2.45, 2.75) is 26.8 Å². The predicted octanol–water partition coefficient (Wildman–Crippen LogP) is 1.90. The van der Waals surface area contributed by atoms with Crippen LogP contribution in [-0.2, 0) is 0 Å². The summed E-state index contributed by atoms with van der Waals surface area (Å²) in [6.45, 7) is 6.22. The first-order chi connectivity index (χ1) is 6.59. The highest BCUT2D eigenvalue weighted by Crippen LogP contribution is 2.19. The summed E-state index contributed by atoms with van der Waals surface area (Å²) in [6, 6.07) is 2.23. The van der Waals surface area contributed by atoms with Crippen molar-refractivity contribution in [1.29, 1.82) is 0 Å². The number of fused-ring (bicyclic) bond motifs is 1. The highest BCUT2D eigenvalue weighted by atomic mass is 15.1. The summed E-state index contributed by atoms with van der Waals surface area (Å²) in [5, 5.41) is 0. The Hall–Kier alpha value is -1.58. The fraction of sp³-hybridized carbons (Fsp3) is 0.400. The molecule has 0 fully saturated rings. The molecule has 2 aromatic heterocycles. The van der Waals surface area contributed by atoms with Crippen LogP contribution in [0.25, 0.3) is 11.2 Å². The van der Waals surface area contributed by atoms with Gasteiger partial charge in [-0.2, -0.15) is 0 Å². The quantitative estimate of drug-likeness (QED) is 0.747. The molecule has 0 bridgehead atoms. The van der Waals surface area contributed by atoms with Crippen LogP contribution >= 0.6 is 0 Å². The summed E-state index contributed by atoms with van der Waals surface area (Å²) in [5.41, 5.74) is 8.09. The monoisotopic (exact) mass is 190 g/mol. The lowest BCUT2D eigenvalue weighted by molar-refractivity contribution is 0.595. The molecule has 4 nitrogen and oxygen atoms in total. The van der Waals surface area contributed by atoms with E-state index < -0.39 is 0 Å². The molecular formula is C10H14N4. The van der Waals surface area contributed by atoms with Gasteiger partial charge in [0.2, 0.25) is 0 Å². The summed E-state index contributed by atoms with van der Waals surface area (Å²) in [5.74, 6) is 0.980. The molecular weight excluding hydrogens is 176 g/mol. The van der Waals surface area contributed by atoms with E-state index in [4.69, 9.17) is 5.73 Å². The van der Waals surface area contributed by atoms with Gasteiger partial charge in [0.1, 0.15) is 11.3 Å². The smallest absolute Gasteiger partial charge is 0.160 e. The number of rotatable bonds is 1. The minimum Gasteiger partial charge on any atom is -0.397 e. The van der Waals surface area contributed by atoms with Crippen LogP contribution < -0.4 is 5.73 Å². The lowest BCUT2D eigenvalue weighted by Crippen LogP contribution is -2.03. The number of aryl methyl sites for hydroxylation is 1. The van der Waals surface area contributed by atoms with Crippen molar-refractivity contribution >= 4 is 16.9 Å². The summed E-state index contributed by atoms with van der Waals surface area (Å²) >= 11 is 0. The molecule has 2 aromatic rings. The van der Waals surface area contributed by atoms with Crippen molar-refractivity contribution in [3.63, 3.8) is 0 Å². The Morgan fingerprint density at radius 1 is 1.43 bits per heavy atom. The normalized spacial score (nSPS) is 11.4. The maximum absolute atomic E-state index is 5.65. The fourth-order valence-electron chi connectivity index (χ4n) is 1.73. The molecule has 0 aliphatic carbocycles. The summed E-state index contributed by atoms with van der Waals surface area (Å²) in [6.07, 6.45) is 1.67. The highest BCUT2D eigenvalue weighted by Gasteiger charge is 2.10. The molecule has 0 amide bonds. The number of anilines is 1. The number of pyridine rings is 1. The predicted molar refractivity (Wildman–Crippen MR) is 57.1 cm³/mol. The molecule has 4 heteroatoms. The van der Waals surface area contributed by atoms with Crippen molar-refractivity contribution in [1.82, 2.24) is 14.5 Å². The van der Waals surface area contributed by atoms with Gasteiger partial charge in [-0.3, -0.25) is 0 Å². The number of imidazole rings is 1. The number of nitrogens with two attached hydrogens (primary N) is 1. The van der Waals surface area contributed by atoms with Crippen molar-refractivity contribution in [3.8, 4) is 0 Å². The van der Waals surface area contributed by atoms with Gasteiger partial charge in [0.15, 0.2) is 5.65 Å². The van der Waals surface area contributed by atoms with E-state index in [1.165, 1.54) is 0 Å². The van der Waals surface area contributed by atoms with Gasteiger partial charge in [0, 0.05) is 6.04 Å². The topological polar surface area (TPSA) is 56.7 Å². The van der Waals surface area contributed by atoms with Crippen LogP contribution in [0.5, 0.6) is 0 Å². The maximum Gasteiger partial charge on any atom is 0.160 e. The number of hydrogen-bond donors (Lipinski definition) is 1. The van der Waals surface area contributed by atoms with Gasteiger partial charge < -0.3 is 10.3 Å². The number of nitrogens with zero attached hydrogens (tertiary/aromatic N) is 3. The molecule has 0 spiro atoms. The Balaban J connectivity index is 2.77. The van der Waals surface area contributed by atoms with Crippen LogP contribution in [0.4, 0.5) is 5.69 Å². The summed E-state index contributed by atoms with van der Waals surface area (Å²) in [4.78, 5) is 8.71. The molecule has 0 saturated heterocycles. The van der Waals surface area contributed by atoms with Crippen LogP contribution in [0.2, 0.25) is 0 Å². The van der Waals surface area contributed by atoms with Gasteiger partial charge in [-0.25, -0.2) is 9.97 Å². The molecule has 2 heterocycles. The second-order valence-corrected chi connectivity index (χ2v) is 3.73. The third kappa shape index (κ3) is 1.23. The Morgan fingerprint density at radius 3 is 2.79 bits per heavy atom. The maximum atomic E-state index is 5.65. The van der Waals surface area contributed by atoms with Crippen LogP contribution in [0.15, 0.2) is 12.3 Å². The minimum atomic E-state index is 0.371. The van der Waals surface area contributed by atoms with Crippen molar-refractivity contribution in [2.24, 2.45) is 0 Å². The number of hydrogen-bond acceptors (Lipinski definition) is 3. The second-order valence-electron chi connectivity index (χ2n) is 3.73. The Bertz CT molecular complexity index is 470. The van der Waals surface area contributed by atoms with Crippen LogP contribution in [-0.4, -0.2) is 14.5 Å². The molecule has 0 saturated carbocycles. The lowest BCUT2D eigenvalue weighted by atomic mass is 10.3. The Kier molecular flexibility index (Phi) is 1.91. The van der Waals surface area contributed by atoms with E-state index in [-0.39, 0.29) is 0 Å². The first-order valence-corrected chi connectivity index (χ1v) is 4.69. The summed E-state index contributed by atoms with van der Waals surface area (Å²) < 4.78 is 2.11. The molecule has 74 valence electrons. The minimum absolute atomic E-state index is 0.371. The molecule has 0 atom stereocenters. The molecule has 2 rings (SSSR count). The van der Waals surface area contributed by atoms with Gasteiger partial charge in [-0.05, 0) is 26.8 Å². The van der Waals surface area contributed by atoms with E-state index in [1.807, 2.05) is 13.0 Å². The van der Waals surface area contributed by atoms with E-state index in [2.05, 4.69) is 28.4 Å². The average molecular weight is 190 g/mol. The highest BCUT2D eigenvalue weighted by molar-refractivity contribution is 5.75. The van der Waals surface area contributed by atoms with Gasteiger partial charge in [0.05, 0.1) is 11.9 Å². The zero-order valence-electron chi connectivity index (χ0n) is 8.65. The molecule has 0 aliphatic heterocycles. The van der Waals surface area contributed by atoms with Crippen LogP contribution in [0.1, 0.15) is 25.7 Å². The Labute approximate surface area is 82.8 Å². The van der Waals surface area contributed by atoms with Crippen LogP contribution in [0.3, 0.4) is 0 Å². The van der Waals surface area contributed by atoms with Gasteiger partial charge in [0.25, 0.3) is 0 Å². The zero-order chi connectivity index (χ0) is 10.3. The third-order valence-electron chi connectivity index (χ3n) is 2.24. The number of aromatic nitrogens is 3. The van der Waals surface area contributed by atoms with E-state index in [1.54, 1.807) is 6.20 Å². The molecule has 14 heavy (non-hydrogen) atoms. The molecule has 0 unspecified atom stereocenters. The second kappa shape index (κ2) is 2.97. The van der Waals surface area contributed by atoms with E-state index in [0.717, 1.165) is 17.0 Å². The SMILES string of the molecule is Cc1nc2cc(N)cnc2n1C(C)C. The molecule has 0 radical (unpaired) electrons.